The van der Waals surface area contributed by atoms with E-state index in [1.54, 1.807) is 0 Å². The number of hydrogen-bond donors (Lipinski definition) is 0. The predicted octanol–water partition coefficient (Wildman–Crippen LogP) is 1.62. The summed E-state index contributed by atoms with van der Waals surface area (Å²) in [7, 11) is -3.57. The molecule has 0 radical (unpaired) electrons. The highest BCUT2D eigenvalue weighted by atomic mass is 35.5. The van der Waals surface area contributed by atoms with Gasteiger partial charge in [-0.3, -0.25) is 4.98 Å². The zero-order chi connectivity index (χ0) is 11.8. The minimum Gasteiger partial charge on any atom is -0.382 e. The molecule has 0 atom stereocenters. The van der Waals surface area contributed by atoms with Crippen molar-refractivity contribution in [1.29, 1.82) is 0 Å². The van der Waals surface area contributed by atoms with Gasteiger partial charge in [-0.1, -0.05) is 11.6 Å². The van der Waals surface area contributed by atoms with Gasteiger partial charge in [-0.25, -0.2) is 4.98 Å². The lowest BCUT2D eigenvalue weighted by molar-refractivity contribution is 0.495. The fraction of sp³-hybridized carbons (Fsp3) is 0.111. The minimum absolute atomic E-state index is 0.191. The lowest BCUT2D eigenvalue weighted by Gasteiger charge is -2.05. The molecule has 5 nitrogen and oxygen atoms in total. The van der Waals surface area contributed by atoms with Crippen LogP contribution in [0.4, 0.5) is 0 Å². The third-order valence-electron chi connectivity index (χ3n) is 1.80. The first-order valence-electron chi connectivity index (χ1n) is 4.25. The molecule has 0 aliphatic carbocycles. The molecule has 0 aliphatic rings. The van der Waals surface area contributed by atoms with Crippen molar-refractivity contribution in [2.75, 3.05) is 6.26 Å². The van der Waals surface area contributed by atoms with Crippen molar-refractivity contribution in [3.05, 3.63) is 29.7 Å². The van der Waals surface area contributed by atoms with E-state index in [0.29, 0.717) is 10.9 Å². The van der Waals surface area contributed by atoms with E-state index in [1.165, 1.54) is 24.5 Å². The maximum atomic E-state index is 11.0. The number of aromatic nitrogens is 2. The van der Waals surface area contributed by atoms with Gasteiger partial charge in [0.15, 0.2) is 5.75 Å². The molecule has 0 amide bonds. The molecule has 0 fully saturated rings. The van der Waals surface area contributed by atoms with E-state index in [-0.39, 0.29) is 10.9 Å². The van der Waals surface area contributed by atoms with Crippen LogP contribution < -0.4 is 4.18 Å². The summed E-state index contributed by atoms with van der Waals surface area (Å²) in [6, 6.07) is 2.96. The topological polar surface area (TPSA) is 69.2 Å². The SMILES string of the molecule is CS(=O)(=O)Oc1ccnc2cnc(Cl)cc12. The maximum Gasteiger partial charge on any atom is 0.306 e. The van der Waals surface area contributed by atoms with Crippen LogP contribution >= 0.6 is 11.6 Å². The second-order valence-electron chi connectivity index (χ2n) is 3.12. The Morgan fingerprint density at radius 2 is 2.12 bits per heavy atom. The van der Waals surface area contributed by atoms with Crippen molar-refractivity contribution in [3.63, 3.8) is 0 Å². The summed E-state index contributed by atoms with van der Waals surface area (Å²) in [5.74, 6) is 0.191. The van der Waals surface area contributed by atoms with E-state index in [1.807, 2.05) is 0 Å². The second-order valence-corrected chi connectivity index (χ2v) is 5.08. The quantitative estimate of drug-likeness (QED) is 0.605. The average Bonchev–Trinajstić information content (AvgIpc) is 2.17. The van der Waals surface area contributed by atoms with Crippen molar-refractivity contribution in [2.24, 2.45) is 0 Å². The van der Waals surface area contributed by atoms with Gasteiger partial charge < -0.3 is 4.18 Å². The standard InChI is InChI=1S/C9H7ClN2O3S/c1-16(13,14)15-8-2-3-11-7-5-12-9(10)4-6(7)8/h2-5H,1H3. The van der Waals surface area contributed by atoms with Crippen molar-refractivity contribution >= 4 is 32.6 Å². The summed E-state index contributed by atoms with van der Waals surface area (Å²) in [5.41, 5.74) is 0.519. The molecule has 0 saturated carbocycles. The third-order valence-corrected chi connectivity index (χ3v) is 2.48. The van der Waals surface area contributed by atoms with Gasteiger partial charge in [-0.15, -0.1) is 0 Å². The van der Waals surface area contributed by atoms with E-state index in [0.717, 1.165) is 6.26 Å². The van der Waals surface area contributed by atoms with Crippen molar-refractivity contribution in [1.82, 2.24) is 9.97 Å². The Morgan fingerprint density at radius 3 is 2.81 bits per heavy atom. The van der Waals surface area contributed by atoms with Gasteiger partial charge in [0.1, 0.15) is 5.15 Å². The fourth-order valence-corrected chi connectivity index (χ4v) is 1.86. The van der Waals surface area contributed by atoms with Crippen molar-refractivity contribution in [3.8, 4) is 5.75 Å². The van der Waals surface area contributed by atoms with Gasteiger partial charge in [-0.2, -0.15) is 8.42 Å². The van der Waals surface area contributed by atoms with Crippen LogP contribution in [0.25, 0.3) is 10.9 Å². The minimum atomic E-state index is -3.57. The fourth-order valence-electron chi connectivity index (χ4n) is 1.23. The monoisotopic (exact) mass is 258 g/mol. The first kappa shape index (κ1) is 11.1. The van der Waals surface area contributed by atoms with Gasteiger partial charge in [0.25, 0.3) is 0 Å². The van der Waals surface area contributed by atoms with E-state index in [9.17, 15) is 8.42 Å². The highest BCUT2D eigenvalue weighted by molar-refractivity contribution is 7.86. The summed E-state index contributed by atoms with van der Waals surface area (Å²) in [6.07, 6.45) is 3.87. The van der Waals surface area contributed by atoms with Crippen LogP contribution in [0.2, 0.25) is 5.15 Å². The molecule has 0 aromatic carbocycles. The number of halogens is 1. The summed E-state index contributed by atoms with van der Waals surface area (Å²) in [4.78, 5) is 7.86. The Kier molecular flexibility index (Phi) is 2.69. The molecule has 84 valence electrons. The molecule has 2 rings (SSSR count). The van der Waals surface area contributed by atoms with Crippen LogP contribution in [0, 0.1) is 0 Å². The molecule has 2 heterocycles. The Labute approximate surface area is 97.2 Å². The van der Waals surface area contributed by atoms with Gasteiger partial charge in [0, 0.05) is 17.6 Å². The normalized spacial score (nSPS) is 11.6. The highest BCUT2D eigenvalue weighted by Crippen LogP contribution is 2.26. The van der Waals surface area contributed by atoms with E-state index >= 15 is 0 Å². The molecule has 2 aromatic heterocycles. The van der Waals surface area contributed by atoms with Crippen LogP contribution in [-0.2, 0) is 10.1 Å². The predicted molar refractivity (Wildman–Crippen MR) is 60.0 cm³/mol. The molecule has 7 heteroatoms. The lowest BCUT2D eigenvalue weighted by Crippen LogP contribution is -2.06. The van der Waals surface area contributed by atoms with Gasteiger partial charge in [0.2, 0.25) is 0 Å². The molecular formula is C9H7ClN2O3S. The molecule has 2 aromatic rings. The average molecular weight is 259 g/mol. The Bertz CT molecular complexity index is 642. The molecule has 0 N–H and O–H groups in total. The number of nitrogens with zero attached hydrogens (tertiary/aromatic N) is 2. The molecule has 0 aliphatic heterocycles. The third kappa shape index (κ3) is 2.40. The lowest BCUT2D eigenvalue weighted by atomic mass is 10.2. The number of rotatable bonds is 2. The number of pyridine rings is 2. The molecular weight excluding hydrogens is 252 g/mol. The summed E-state index contributed by atoms with van der Waals surface area (Å²) >= 11 is 5.72. The zero-order valence-electron chi connectivity index (χ0n) is 8.21. The highest BCUT2D eigenvalue weighted by Gasteiger charge is 2.09. The van der Waals surface area contributed by atoms with Crippen LogP contribution in [0.1, 0.15) is 0 Å². The summed E-state index contributed by atoms with van der Waals surface area (Å²) in [5, 5.41) is 0.756. The van der Waals surface area contributed by atoms with Crippen LogP contribution in [0.15, 0.2) is 24.5 Å². The molecule has 0 unspecified atom stereocenters. The van der Waals surface area contributed by atoms with E-state index in [2.05, 4.69) is 9.97 Å². The van der Waals surface area contributed by atoms with Crippen LogP contribution in [-0.4, -0.2) is 24.6 Å². The Hall–Kier alpha value is -1.40. The first-order valence-corrected chi connectivity index (χ1v) is 6.45. The number of hydrogen-bond acceptors (Lipinski definition) is 5. The number of fused-ring (bicyclic) bond motifs is 1. The first-order chi connectivity index (χ1) is 7.46. The van der Waals surface area contributed by atoms with Gasteiger partial charge >= 0.3 is 10.1 Å². The second kappa shape index (κ2) is 3.88. The smallest absolute Gasteiger partial charge is 0.306 e. The largest absolute Gasteiger partial charge is 0.382 e. The van der Waals surface area contributed by atoms with E-state index in [4.69, 9.17) is 15.8 Å². The Balaban J connectivity index is 2.65. The van der Waals surface area contributed by atoms with Gasteiger partial charge in [0.05, 0.1) is 18.0 Å². The molecule has 0 spiro atoms. The van der Waals surface area contributed by atoms with Crippen molar-refractivity contribution in [2.45, 2.75) is 0 Å². The Morgan fingerprint density at radius 1 is 1.38 bits per heavy atom. The van der Waals surface area contributed by atoms with E-state index < -0.39 is 10.1 Å². The van der Waals surface area contributed by atoms with Gasteiger partial charge in [-0.05, 0) is 6.07 Å². The molecule has 0 saturated heterocycles. The van der Waals surface area contributed by atoms with Crippen molar-refractivity contribution < 1.29 is 12.6 Å². The molecule has 16 heavy (non-hydrogen) atoms. The summed E-state index contributed by atoms with van der Waals surface area (Å²) in [6.45, 7) is 0. The maximum absolute atomic E-state index is 11.0. The zero-order valence-corrected chi connectivity index (χ0v) is 9.79. The van der Waals surface area contributed by atoms with Crippen LogP contribution in [0.3, 0.4) is 0 Å². The van der Waals surface area contributed by atoms with Crippen LogP contribution in [0.5, 0.6) is 5.75 Å². The summed E-state index contributed by atoms with van der Waals surface area (Å²) < 4.78 is 26.9. The molecule has 0 bridgehead atoms.